The van der Waals surface area contributed by atoms with Gasteiger partial charge in [-0.25, -0.2) is 0 Å². The monoisotopic (exact) mass is 264 g/mol. The summed E-state index contributed by atoms with van der Waals surface area (Å²) >= 11 is 0. The van der Waals surface area contributed by atoms with E-state index in [4.69, 9.17) is 14.2 Å². The van der Waals surface area contributed by atoms with E-state index in [0.29, 0.717) is 11.3 Å². The zero-order valence-electron chi connectivity index (χ0n) is 10.2. The number of hydrogen-bond acceptors (Lipinski definition) is 6. The number of epoxide rings is 1. The van der Waals surface area contributed by atoms with Crippen molar-refractivity contribution >= 4 is 5.78 Å². The van der Waals surface area contributed by atoms with Gasteiger partial charge in [0.2, 0.25) is 5.78 Å². The van der Waals surface area contributed by atoms with Crippen molar-refractivity contribution < 1.29 is 29.2 Å². The maximum absolute atomic E-state index is 12.5. The Labute approximate surface area is 108 Å². The van der Waals surface area contributed by atoms with Crippen LogP contribution in [0.2, 0.25) is 0 Å². The second-order valence-corrected chi connectivity index (χ2v) is 5.15. The number of phenolic OH excluding ortho intramolecular Hbond substituents is 1. The molecule has 2 fully saturated rings. The Morgan fingerprint density at radius 3 is 2.95 bits per heavy atom. The summed E-state index contributed by atoms with van der Waals surface area (Å²) in [5.74, 6) is -0.152. The van der Waals surface area contributed by atoms with Crippen molar-refractivity contribution in [2.24, 2.45) is 0 Å². The van der Waals surface area contributed by atoms with E-state index in [1.807, 2.05) is 0 Å². The number of ketones is 1. The number of hydrogen-bond donors (Lipinski definition) is 2. The summed E-state index contributed by atoms with van der Waals surface area (Å²) in [6.07, 6.45) is -1.01. The van der Waals surface area contributed by atoms with Gasteiger partial charge in [0.1, 0.15) is 17.6 Å². The topological polar surface area (TPSA) is 88.5 Å². The Kier molecular flexibility index (Phi) is 1.83. The molecule has 2 N–H and O–H groups in total. The number of Topliss-reactive ketones (excluding diaryl/α,β-unsaturated/α-hetero) is 1. The van der Waals surface area contributed by atoms with E-state index < -0.39 is 17.3 Å². The van der Waals surface area contributed by atoms with Gasteiger partial charge in [-0.3, -0.25) is 4.79 Å². The smallest absolute Gasteiger partial charge is 0.204 e. The number of methoxy groups -OCH3 is 1. The number of carbonyl (C=O) groups is 1. The van der Waals surface area contributed by atoms with Gasteiger partial charge in [-0.1, -0.05) is 0 Å². The van der Waals surface area contributed by atoms with Gasteiger partial charge in [-0.15, -0.1) is 0 Å². The van der Waals surface area contributed by atoms with Gasteiger partial charge in [-0.05, 0) is 6.07 Å². The molecule has 1 aromatic rings. The summed E-state index contributed by atoms with van der Waals surface area (Å²) in [6, 6.07) is 2.90. The molecule has 2 saturated heterocycles. The highest BCUT2D eigenvalue weighted by molar-refractivity contribution is 6.11. The molecule has 19 heavy (non-hydrogen) atoms. The third-order valence-electron chi connectivity index (χ3n) is 4.31. The first-order chi connectivity index (χ1) is 9.06. The van der Waals surface area contributed by atoms with Crippen LogP contribution in [0.4, 0.5) is 0 Å². The largest absolute Gasteiger partial charge is 0.507 e. The normalized spacial score (nSPS) is 38.4. The number of ether oxygens (including phenoxy) is 3. The first kappa shape index (κ1) is 11.2. The lowest BCUT2D eigenvalue weighted by Crippen LogP contribution is -2.42. The Balaban J connectivity index is 1.97. The molecule has 0 saturated carbocycles. The van der Waals surface area contributed by atoms with Crippen molar-refractivity contribution in [1.82, 2.24) is 0 Å². The third-order valence-corrected chi connectivity index (χ3v) is 4.31. The zero-order chi connectivity index (χ0) is 13.4. The average Bonchev–Trinajstić information content (AvgIpc) is 2.94. The van der Waals surface area contributed by atoms with Crippen LogP contribution < -0.4 is 4.74 Å². The van der Waals surface area contributed by atoms with Crippen LogP contribution in [0.3, 0.4) is 0 Å². The number of carbonyl (C=O) groups excluding carboxylic acids is 1. The minimum Gasteiger partial charge on any atom is -0.507 e. The summed E-state index contributed by atoms with van der Waals surface area (Å²) in [6.45, 7) is 0.297. The number of rotatable bonds is 1. The molecule has 4 rings (SSSR count). The maximum Gasteiger partial charge on any atom is 0.204 e. The van der Waals surface area contributed by atoms with Crippen LogP contribution in [0.15, 0.2) is 12.1 Å². The van der Waals surface area contributed by atoms with Crippen molar-refractivity contribution in [3.8, 4) is 11.5 Å². The van der Waals surface area contributed by atoms with Crippen LogP contribution in [0.25, 0.3) is 0 Å². The van der Waals surface area contributed by atoms with Gasteiger partial charge >= 0.3 is 0 Å². The van der Waals surface area contributed by atoms with E-state index >= 15 is 0 Å². The quantitative estimate of drug-likeness (QED) is 0.703. The third kappa shape index (κ3) is 1.03. The SMILES string of the molecule is COc1cc(O)c2c(c1)C(O)C13COCC1(O3)C2=O. The van der Waals surface area contributed by atoms with Crippen molar-refractivity contribution in [3.05, 3.63) is 23.3 Å². The molecule has 2 aliphatic heterocycles. The summed E-state index contributed by atoms with van der Waals surface area (Å²) in [5, 5.41) is 20.5. The standard InChI is InChI=1S/C13H12O6/c1-17-6-2-7-9(8(14)3-6)11(16)13-5-18-4-12(13,19-13)10(7)15/h2-3,10,14-15H,4-5H2,1H3. The fraction of sp³-hybridized carbons (Fsp3) is 0.462. The van der Waals surface area contributed by atoms with Crippen LogP contribution in [0.5, 0.6) is 11.5 Å². The molecular formula is C13H12O6. The number of aromatic hydroxyl groups is 1. The van der Waals surface area contributed by atoms with Crippen LogP contribution >= 0.6 is 0 Å². The second kappa shape index (κ2) is 3.09. The first-order valence-corrected chi connectivity index (χ1v) is 5.97. The lowest BCUT2D eigenvalue weighted by atomic mass is 9.74. The van der Waals surface area contributed by atoms with Gasteiger partial charge in [0.15, 0.2) is 11.2 Å². The van der Waals surface area contributed by atoms with Crippen molar-refractivity contribution in [2.75, 3.05) is 20.3 Å². The number of aliphatic hydroxyl groups excluding tert-OH is 1. The Hall–Kier alpha value is -1.63. The summed E-state index contributed by atoms with van der Waals surface area (Å²) < 4.78 is 15.9. The zero-order valence-corrected chi connectivity index (χ0v) is 10.2. The Morgan fingerprint density at radius 2 is 2.21 bits per heavy atom. The summed E-state index contributed by atoms with van der Waals surface area (Å²) in [7, 11) is 1.45. The minimum absolute atomic E-state index is 0.104. The lowest BCUT2D eigenvalue weighted by Gasteiger charge is -2.26. The number of phenols is 1. The van der Waals surface area contributed by atoms with Gasteiger partial charge in [0, 0.05) is 11.6 Å². The van der Waals surface area contributed by atoms with Crippen LogP contribution in [0.1, 0.15) is 22.0 Å². The first-order valence-electron chi connectivity index (χ1n) is 5.97. The Morgan fingerprint density at radius 1 is 1.42 bits per heavy atom. The predicted octanol–water partition coefficient (Wildman–Crippen LogP) is 0.168. The van der Waals surface area contributed by atoms with Crippen molar-refractivity contribution in [3.63, 3.8) is 0 Å². The predicted molar refractivity (Wildman–Crippen MR) is 61.3 cm³/mol. The van der Waals surface area contributed by atoms with Crippen LogP contribution in [0, 0.1) is 0 Å². The molecule has 1 aromatic carbocycles. The van der Waals surface area contributed by atoms with Crippen molar-refractivity contribution in [2.45, 2.75) is 17.3 Å². The highest BCUT2D eigenvalue weighted by atomic mass is 16.7. The fourth-order valence-corrected chi connectivity index (χ4v) is 3.25. The maximum atomic E-state index is 12.5. The minimum atomic E-state index is -1.12. The summed E-state index contributed by atoms with van der Waals surface area (Å²) in [5.41, 5.74) is -1.67. The van der Waals surface area contributed by atoms with Crippen LogP contribution in [-0.2, 0) is 9.47 Å². The molecule has 100 valence electrons. The molecule has 0 aromatic heterocycles. The molecule has 0 bridgehead atoms. The van der Waals surface area contributed by atoms with Gasteiger partial charge in [0.05, 0.1) is 25.9 Å². The fourth-order valence-electron chi connectivity index (χ4n) is 3.25. The highest BCUT2D eigenvalue weighted by Gasteiger charge is 2.83. The number of fused-ring (bicyclic) bond motifs is 1. The molecule has 6 nitrogen and oxygen atoms in total. The number of benzene rings is 1. The molecule has 1 aliphatic carbocycles. The van der Waals surface area contributed by atoms with E-state index in [1.165, 1.54) is 13.2 Å². The van der Waals surface area contributed by atoms with E-state index in [0.717, 1.165) is 0 Å². The highest BCUT2D eigenvalue weighted by Crippen LogP contribution is 2.64. The Bertz CT molecular complexity index is 611. The molecule has 0 radical (unpaired) electrons. The molecule has 3 aliphatic rings. The second-order valence-electron chi connectivity index (χ2n) is 5.15. The summed E-state index contributed by atoms with van der Waals surface area (Å²) in [4.78, 5) is 12.5. The molecule has 6 heteroatoms. The van der Waals surface area contributed by atoms with E-state index in [-0.39, 0.29) is 30.3 Å². The van der Waals surface area contributed by atoms with Gasteiger partial charge < -0.3 is 24.4 Å². The van der Waals surface area contributed by atoms with Crippen molar-refractivity contribution in [1.29, 1.82) is 0 Å². The van der Waals surface area contributed by atoms with Crippen LogP contribution in [-0.4, -0.2) is 47.5 Å². The molecule has 0 amide bonds. The van der Waals surface area contributed by atoms with Gasteiger partial charge in [-0.2, -0.15) is 0 Å². The van der Waals surface area contributed by atoms with E-state index in [1.54, 1.807) is 6.07 Å². The van der Waals surface area contributed by atoms with E-state index in [9.17, 15) is 15.0 Å². The molecular weight excluding hydrogens is 252 g/mol. The molecule has 2 heterocycles. The molecule has 0 spiro atoms. The average molecular weight is 264 g/mol. The van der Waals surface area contributed by atoms with E-state index in [2.05, 4.69) is 0 Å². The lowest BCUT2D eigenvalue weighted by molar-refractivity contribution is 0.00283. The van der Waals surface area contributed by atoms with Gasteiger partial charge in [0.25, 0.3) is 0 Å². The molecule has 3 unspecified atom stereocenters. The molecule has 3 atom stereocenters. The number of aliphatic hydroxyl groups is 1.